The Balaban J connectivity index is 1.25. The maximum absolute atomic E-state index is 13.1. The van der Waals surface area contributed by atoms with Gasteiger partial charge in [0.05, 0.1) is 17.4 Å². The minimum absolute atomic E-state index is 0.0169. The minimum Gasteiger partial charge on any atom is -0.454 e. The number of anilines is 1. The van der Waals surface area contributed by atoms with E-state index in [9.17, 15) is 14.4 Å². The normalized spacial score (nSPS) is 14.9. The summed E-state index contributed by atoms with van der Waals surface area (Å²) in [7, 11) is 0. The molecule has 1 saturated heterocycles. The number of pyridine rings is 1. The Morgan fingerprint density at radius 3 is 2.51 bits per heavy atom. The summed E-state index contributed by atoms with van der Waals surface area (Å²) in [5.41, 5.74) is 1.25. The Kier molecular flexibility index (Phi) is 6.25. The second-order valence-electron chi connectivity index (χ2n) is 8.41. The molecule has 3 heterocycles. The topological polar surface area (TPSA) is 93.1 Å². The number of rotatable bonds is 5. The minimum atomic E-state index is -0.581. The fraction of sp³-hybridized carbons (Fsp3) is 0.320. The van der Waals surface area contributed by atoms with Gasteiger partial charge in [0.25, 0.3) is 5.91 Å². The van der Waals surface area contributed by atoms with Crippen molar-refractivity contribution >= 4 is 40.0 Å². The van der Waals surface area contributed by atoms with E-state index < -0.39 is 11.3 Å². The summed E-state index contributed by atoms with van der Waals surface area (Å²) in [5.74, 6) is 0.269. The molecule has 2 aliphatic heterocycles. The summed E-state index contributed by atoms with van der Waals surface area (Å²) in [5, 5.41) is 3.66. The molecule has 35 heavy (non-hydrogen) atoms. The van der Waals surface area contributed by atoms with Crippen LogP contribution in [0.2, 0.25) is 5.02 Å². The first kappa shape index (κ1) is 23.0. The Morgan fingerprint density at radius 1 is 1.06 bits per heavy atom. The summed E-state index contributed by atoms with van der Waals surface area (Å²) in [6.07, 6.45) is 1.52. The number of nitrogens with zero attached hydrogens (tertiary/aromatic N) is 3. The molecule has 1 aromatic heterocycles. The number of hydrogen-bond donors (Lipinski definition) is 1. The van der Waals surface area contributed by atoms with Gasteiger partial charge in [-0.1, -0.05) is 17.7 Å². The van der Waals surface area contributed by atoms with Crippen LogP contribution in [-0.4, -0.2) is 60.8 Å². The van der Waals surface area contributed by atoms with Crippen LogP contribution in [0, 0.1) is 0 Å². The number of fused-ring (bicyclic) bond motifs is 2. The SMILES string of the molecule is CCn1cc(C(=O)NCC(=O)N2CCN(c3cccc(Cl)c3)CC2)c(=O)c2cc3c(cc21)OCO3. The molecule has 2 amide bonds. The number of hydrogen-bond acceptors (Lipinski definition) is 6. The largest absolute Gasteiger partial charge is 0.454 e. The van der Waals surface area contributed by atoms with Crippen LogP contribution in [0.5, 0.6) is 11.5 Å². The third kappa shape index (κ3) is 4.51. The molecule has 10 heteroatoms. The van der Waals surface area contributed by atoms with Gasteiger partial charge in [0.1, 0.15) is 5.56 Å². The number of aromatic nitrogens is 1. The van der Waals surface area contributed by atoms with Crippen LogP contribution in [0.25, 0.3) is 10.9 Å². The first-order chi connectivity index (χ1) is 16.9. The van der Waals surface area contributed by atoms with E-state index in [2.05, 4.69) is 10.2 Å². The standard InChI is InChI=1S/C25H25ClN4O5/c1-2-28-14-19(24(32)18-11-21-22(12-20(18)28)35-15-34-21)25(33)27-13-23(31)30-8-6-29(7-9-30)17-5-3-4-16(26)10-17/h3-5,10-12,14H,2,6-9,13,15H2,1H3,(H,27,33). The molecule has 0 atom stereocenters. The first-order valence-corrected chi connectivity index (χ1v) is 11.9. The summed E-state index contributed by atoms with van der Waals surface area (Å²) >= 11 is 6.08. The van der Waals surface area contributed by atoms with Crippen molar-refractivity contribution < 1.29 is 19.1 Å². The van der Waals surface area contributed by atoms with Crippen LogP contribution in [0.3, 0.4) is 0 Å². The smallest absolute Gasteiger partial charge is 0.257 e. The number of benzene rings is 2. The molecule has 0 radical (unpaired) electrons. The molecule has 9 nitrogen and oxygen atoms in total. The van der Waals surface area contributed by atoms with E-state index in [4.69, 9.17) is 21.1 Å². The fourth-order valence-electron chi connectivity index (χ4n) is 4.45. The van der Waals surface area contributed by atoms with Crippen LogP contribution in [0.15, 0.2) is 47.4 Å². The van der Waals surface area contributed by atoms with E-state index in [1.807, 2.05) is 35.8 Å². The number of carbonyl (C=O) groups is 2. The van der Waals surface area contributed by atoms with E-state index in [-0.39, 0.29) is 24.8 Å². The maximum Gasteiger partial charge on any atom is 0.257 e. The summed E-state index contributed by atoms with van der Waals surface area (Å²) in [4.78, 5) is 42.6. The third-order valence-corrected chi connectivity index (χ3v) is 6.60. The lowest BCUT2D eigenvalue weighted by atomic mass is 10.1. The van der Waals surface area contributed by atoms with E-state index in [1.165, 1.54) is 6.20 Å². The van der Waals surface area contributed by atoms with Gasteiger partial charge in [-0.15, -0.1) is 0 Å². The highest BCUT2D eigenvalue weighted by Crippen LogP contribution is 2.35. The monoisotopic (exact) mass is 496 g/mol. The number of aryl methyl sites for hydroxylation is 1. The highest BCUT2D eigenvalue weighted by atomic mass is 35.5. The highest BCUT2D eigenvalue weighted by Gasteiger charge is 2.24. The van der Waals surface area contributed by atoms with Crippen LogP contribution < -0.4 is 25.1 Å². The Hall–Kier alpha value is -3.72. The zero-order valence-corrected chi connectivity index (χ0v) is 20.0. The van der Waals surface area contributed by atoms with Gasteiger partial charge in [0.2, 0.25) is 18.1 Å². The quantitative estimate of drug-likeness (QED) is 0.583. The van der Waals surface area contributed by atoms with Crippen molar-refractivity contribution in [3.8, 4) is 11.5 Å². The molecule has 0 bridgehead atoms. The molecular weight excluding hydrogens is 472 g/mol. The van der Waals surface area contributed by atoms with Gasteiger partial charge in [0.15, 0.2) is 11.5 Å². The van der Waals surface area contributed by atoms with Crippen LogP contribution in [0.1, 0.15) is 17.3 Å². The second kappa shape index (κ2) is 9.50. The average molecular weight is 497 g/mol. The highest BCUT2D eigenvalue weighted by molar-refractivity contribution is 6.30. The van der Waals surface area contributed by atoms with E-state index in [1.54, 1.807) is 17.0 Å². The molecule has 1 N–H and O–H groups in total. The predicted octanol–water partition coefficient (Wildman–Crippen LogP) is 2.48. The average Bonchev–Trinajstić information content (AvgIpc) is 3.34. The Morgan fingerprint density at radius 2 is 1.80 bits per heavy atom. The summed E-state index contributed by atoms with van der Waals surface area (Å²) in [6, 6.07) is 11.0. The third-order valence-electron chi connectivity index (χ3n) is 6.37. The molecule has 2 aromatic carbocycles. The molecule has 0 spiro atoms. The van der Waals surface area contributed by atoms with Crippen molar-refractivity contribution in [2.75, 3.05) is 44.4 Å². The molecule has 2 aliphatic rings. The molecular formula is C25H25ClN4O5. The Labute approximate surface area is 206 Å². The van der Waals surface area contributed by atoms with Gasteiger partial charge in [-0.3, -0.25) is 14.4 Å². The number of halogens is 1. The number of piperazine rings is 1. The number of ether oxygens (including phenoxy) is 2. The van der Waals surface area contributed by atoms with Crippen molar-refractivity contribution in [3.05, 3.63) is 63.4 Å². The lowest BCUT2D eigenvalue weighted by molar-refractivity contribution is -0.130. The molecule has 0 saturated carbocycles. The first-order valence-electron chi connectivity index (χ1n) is 11.5. The van der Waals surface area contributed by atoms with E-state index >= 15 is 0 Å². The van der Waals surface area contributed by atoms with Crippen molar-refractivity contribution in [2.45, 2.75) is 13.5 Å². The van der Waals surface area contributed by atoms with Gasteiger partial charge in [0, 0.05) is 55.7 Å². The number of amides is 2. The Bertz CT molecular complexity index is 1360. The molecule has 1 fully saturated rings. The van der Waals surface area contributed by atoms with Crippen LogP contribution in [-0.2, 0) is 11.3 Å². The lowest BCUT2D eigenvalue weighted by Crippen LogP contribution is -2.51. The van der Waals surface area contributed by atoms with Crippen molar-refractivity contribution in [3.63, 3.8) is 0 Å². The van der Waals surface area contributed by atoms with Crippen LogP contribution in [0.4, 0.5) is 5.69 Å². The van der Waals surface area contributed by atoms with Gasteiger partial charge in [-0.05, 0) is 31.2 Å². The van der Waals surface area contributed by atoms with Crippen molar-refractivity contribution in [1.29, 1.82) is 0 Å². The fourth-order valence-corrected chi connectivity index (χ4v) is 4.64. The molecule has 3 aromatic rings. The van der Waals surface area contributed by atoms with Crippen LogP contribution >= 0.6 is 11.6 Å². The van der Waals surface area contributed by atoms with Gasteiger partial charge < -0.3 is 29.2 Å². The zero-order chi connectivity index (χ0) is 24.5. The summed E-state index contributed by atoms with van der Waals surface area (Å²) in [6.45, 7) is 4.79. The van der Waals surface area contributed by atoms with Crippen molar-refractivity contribution in [2.24, 2.45) is 0 Å². The lowest BCUT2D eigenvalue weighted by Gasteiger charge is -2.36. The molecule has 182 valence electrons. The van der Waals surface area contributed by atoms with E-state index in [0.717, 1.165) is 5.69 Å². The number of carbonyl (C=O) groups excluding carboxylic acids is 2. The van der Waals surface area contributed by atoms with Crippen molar-refractivity contribution in [1.82, 2.24) is 14.8 Å². The maximum atomic E-state index is 13.1. The molecule has 0 aliphatic carbocycles. The van der Waals surface area contributed by atoms with Gasteiger partial charge >= 0.3 is 0 Å². The molecule has 0 unspecified atom stereocenters. The summed E-state index contributed by atoms with van der Waals surface area (Å²) < 4.78 is 12.6. The van der Waals surface area contributed by atoms with Gasteiger partial charge in [-0.25, -0.2) is 0 Å². The predicted molar refractivity (Wildman–Crippen MR) is 133 cm³/mol. The number of nitrogens with one attached hydrogen (secondary N) is 1. The second-order valence-corrected chi connectivity index (χ2v) is 8.85. The van der Waals surface area contributed by atoms with E-state index in [0.29, 0.717) is 60.1 Å². The molecule has 5 rings (SSSR count). The zero-order valence-electron chi connectivity index (χ0n) is 19.3. The van der Waals surface area contributed by atoms with Gasteiger partial charge in [-0.2, -0.15) is 0 Å².